The summed E-state index contributed by atoms with van der Waals surface area (Å²) in [5.74, 6) is 0.328. The standard InChI is InChI=1S/C17H23N3O/c1-4-18-13(2)16-9-8-15(11-17(16)21)20(3)12-14-7-5-6-10-19-14/h5-11,13,18,21H,4,12H2,1-3H3. The Kier molecular flexibility index (Phi) is 5.17. The van der Waals surface area contributed by atoms with Gasteiger partial charge in [-0.1, -0.05) is 19.1 Å². The normalized spacial score (nSPS) is 12.1. The summed E-state index contributed by atoms with van der Waals surface area (Å²) in [6.07, 6.45) is 1.79. The molecule has 0 bridgehead atoms. The molecule has 0 radical (unpaired) electrons. The number of hydrogen-bond acceptors (Lipinski definition) is 4. The predicted octanol–water partition coefficient (Wildman–Crippen LogP) is 3.09. The third-order valence-electron chi connectivity index (χ3n) is 3.56. The fourth-order valence-corrected chi connectivity index (χ4v) is 2.38. The third-order valence-corrected chi connectivity index (χ3v) is 3.56. The van der Waals surface area contributed by atoms with E-state index in [4.69, 9.17) is 0 Å². The number of phenolic OH excluding ortho intramolecular Hbond substituents is 1. The van der Waals surface area contributed by atoms with Gasteiger partial charge in [0.05, 0.1) is 12.2 Å². The van der Waals surface area contributed by atoms with Crippen molar-refractivity contribution >= 4 is 5.69 Å². The van der Waals surface area contributed by atoms with Gasteiger partial charge in [0.1, 0.15) is 5.75 Å². The second-order valence-corrected chi connectivity index (χ2v) is 5.20. The number of anilines is 1. The molecule has 0 aliphatic rings. The van der Waals surface area contributed by atoms with Crippen LogP contribution in [-0.2, 0) is 6.54 Å². The predicted molar refractivity (Wildman–Crippen MR) is 86.5 cm³/mol. The van der Waals surface area contributed by atoms with Crippen LogP contribution in [-0.4, -0.2) is 23.7 Å². The van der Waals surface area contributed by atoms with Gasteiger partial charge >= 0.3 is 0 Å². The monoisotopic (exact) mass is 285 g/mol. The van der Waals surface area contributed by atoms with E-state index in [1.807, 2.05) is 43.4 Å². The molecule has 0 amide bonds. The number of hydrogen-bond donors (Lipinski definition) is 2. The summed E-state index contributed by atoms with van der Waals surface area (Å²) < 4.78 is 0. The molecule has 1 heterocycles. The summed E-state index contributed by atoms with van der Waals surface area (Å²) in [6, 6.07) is 11.9. The van der Waals surface area contributed by atoms with Crippen LogP contribution in [0.1, 0.15) is 31.1 Å². The van der Waals surface area contributed by atoms with Gasteiger partial charge in [-0.25, -0.2) is 0 Å². The maximum Gasteiger partial charge on any atom is 0.122 e. The molecule has 0 spiro atoms. The zero-order chi connectivity index (χ0) is 15.2. The highest BCUT2D eigenvalue weighted by atomic mass is 16.3. The van der Waals surface area contributed by atoms with Crippen LogP contribution in [0.5, 0.6) is 5.75 Å². The van der Waals surface area contributed by atoms with Gasteiger partial charge in [-0.2, -0.15) is 0 Å². The summed E-state index contributed by atoms with van der Waals surface area (Å²) in [7, 11) is 2.00. The molecule has 112 valence electrons. The van der Waals surface area contributed by atoms with Gasteiger partial charge in [-0.15, -0.1) is 0 Å². The first-order valence-electron chi connectivity index (χ1n) is 7.29. The molecule has 4 heteroatoms. The lowest BCUT2D eigenvalue weighted by Crippen LogP contribution is -2.19. The molecule has 1 aromatic heterocycles. The van der Waals surface area contributed by atoms with E-state index in [9.17, 15) is 5.11 Å². The number of nitrogens with zero attached hydrogens (tertiary/aromatic N) is 2. The van der Waals surface area contributed by atoms with Gasteiger partial charge < -0.3 is 15.3 Å². The van der Waals surface area contributed by atoms with Gasteiger partial charge in [0.25, 0.3) is 0 Å². The molecule has 2 rings (SSSR count). The van der Waals surface area contributed by atoms with Gasteiger partial charge in [0.2, 0.25) is 0 Å². The fraction of sp³-hybridized carbons (Fsp3) is 0.353. The summed E-state index contributed by atoms with van der Waals surface area (Å²) in [6.45, 7) is 5.70. The van der Waals surface area contributed by atoms with Crippen LogP contribution < -0.4 is 10.2 Å². The maximum atomic E-state index is 10.2. The molecule has 21 heavy (non-hydrogen) atoms. The third kappa shape index (κ3) is 3.95. The minimum atomic E-state index is 0.144. The van der Waals surface area contributed by atoms with Gasteiger partial charge in [-0.05, 0) is 31.7 Å². The van der Waals surface area contributed by atoms with Crippen molar-refractivity contribution in [3.05, 3.63) is 53.9 Å². The van der Waals surface area contributed by atoms with E-state index in [-0.39, 0.29) is 6.04 Å². The molecule has 0 saturated carbocycles. The summed E-state index contributed by atoms with van der Waals surface area (Å²) in [4.78, 5) is 6.40. The molecular weight excluding hydrogens is 262 g/mol. The van der Waals surface area contributed by atoms with Crippen LogP contribution in [0.25, 0.3) is 0 Å². The zero-order valence-electron chi connectivity index (χ0n) is 12.9. The van der Waals surface area contributed by atoms with Gasteiger partial charge in [0, 0.05) is 36.6 Å². The summed E-state index contributed by atoms with van der Waals surface area (Å²) in [5, 5.41) is 13.5. The first kappa shape index (κ1) is 15.3. The molecule has 1 aromatic carbocycles. The number of benzene rings is 1. The highest BCUT2D eigenvalue weighted by Gasteiger charge is 2.11. The van der Waals surface area contributed by atoms with E-state index in [0.717, 1.165) is 23.5 Å². The van der Waals surface area contributed by atoms with Crippen molar-refractivity contribution in [2.75, 3.05) is 18.5 Å². The van der Waals surface area contributed by atoms with Crippen LogP contribution in [0.15, 0.2) is 42.6 Å². The van der Waals surface area contributed by atoms with Crippen LogP contribution in [0.4, 0.5) is 5.69 Å². The Morgan fingerprint density at radius 3 is 2.71 bits per heavy atom. The second-order valence-electron chi connectivity index (χ2n) is 5.20. The van der Waals surface area contributed by atoms with Crippen LogP contribution in [0.3, 0.4) is 0 Å². The smallest absolute Gasteiger partial charge is 0.122 e. The molecule has 0 fully saturated rings. The lowest BCUT2D eigenvalue weighted by atomic mass is 10.1. The van der Waals surface area contributed by atoms with E-state index < -0.39 is 0 Å². The number of nitrogens with one attached hydrogen (secondary N) is 1. The van der Waals surface area contributed by atoms with Crippen molar-refractivity contribution in [3.8, 4) is 5.75 Å². The largest absolute Gasteiger partial charge is 0.508 e. The number of pyridine rings is 1. The number of aromatic nitrogens is 1. The van der Waals surface area contributed by atoms with Gasteiger partial charge in [-0.3, -0.25) is 4.98 Å². The molecule has 0 aliphatic carbocycles. The second kappa shape index (κ2) is 7.09. The Balaban J connectivity index is 2.12. The zero-order valence-corrected chi connectivity index (χ0v) is 12.9. The average Bonchev–Trinajstić information content (AvgIpc) is 2.48. The summed E-state index contributed by atoms with van der Waals surface area (Å²) in [5.41, 5.74) is 2.90. The SMILES string of the molecule is CCNC(C)c1ccc(N(C)Cc2ccccn2)cc1O. The fourth-order valence-electron chi connectivity index (χ4n) is 2.38. The van der Waals surface area contributed by atoms with Crippen molar-refractivity contribution in [2.24, 2.45) is 0 Å². The molecule has 0 aliphatic heterocycles. The molecule has 2 N–H and O–H groups in total. The Morgan fingerprint density at radius 2 is 2.10 bits per heavy atom. The number of rotatable bonds is 6. The Labute approximate surface area is 126 Å². The number of aromatic hydroxyl groups is 1. The topological polar surface area (TPSA) is 48.4 Å². The highest BCUT2D eigenvalue weighted by molar-refractivity contribution is 5.53. The van der Waals surface area contributed by atoms with Crippen LogP contribution in [0.2, 0.25) is 0 Å². The van der Waals surface area contributed by atoms with Crippen molar-refractivity contribution in [3.63, 3.8) is 0 Å². The minimum Gasteiger partial charge on any atom is -0.508 e. The Hall–Kier alpha value is -2.07. The maximum absolute atomic E-state index is 10.2. The quantitative estimate of drug-likeness (QED) is 0.856. The van der Waals surface area contributed by atoms with E-state index in [2.05, 4.69) is 29.0 Å². The first-order chi connectivity index (χ1) is 10.1. The highest BCUT2D eigenvalue weighted by Crippen LogP contribution is 2.29. The van der Waals surface area contributed by atoms with E-state index in [1.54, 1.807) is 6.20 Å². The molecular formula is C17H23N3O. The molecule has 4 nitrogen and oxygen atoms in total. The van der Waals surface area contributed by atoms with E-state index >= 15 is 0 Å². The molecule has 0 saturated heterocycles. The molecule has 1 atom stereocenters. The van der Waals surface area contributed by atoms with E-state index in [1.165, 1.54) is 0 Å². The Morgan fingerprint density at radius 1 is 1.29 bits per heavy atom. The molecule has 1 unspecified atom stereocenters. The van der Waals surface area contributed by atoms with Crippen molar-refractivity contribution in [2.45, 2.75) is 26.4 Å². The van der Waals surface area contributed by atoms with Crippen LogP contribution in [0, 0.1) is 0 Å². The van der Waals surface area contributed by atoms with E-state index in [0.29, 0.717) is 12.3 Å². The minimum absolute atomic E-state index is 0.144. The van der Waals surface area contributed by atoms with Crippen molar-refractivity contribution in [1.82, 2.24) is 10.3 Å². The lowest BCUT2D eigenvalue weighted by Gasteiger charge is -2.21. The first-order valence-corrected chi connectivity index (χ1v) is 7.29. The van der Waals surface area contributed by atoms with Crippen molar-refractivity contribution < 1.29 is 5.11 Å². The molecule has 2 aromatic rings. The van der Waals surface area contributed by atoms with Gasteiger partial charge in [0.15, 0.2) is 0 Å². The Bertz CT molecular complexity index is 572. The lowest BCUT2D eigenvalue weighted by molar-refractivity contribution is 0.454. The summed E-state index contributed by atoms with van der Waals surface area (Å²) >= 11 is 0. The number of phenols is 1. The van der Waals surface area contributed by atoms with Crippen molar-refractivity contribution in [1.29, 1.82) is 0 Å². The average molecular weight is 285 g/mol. The van der Waals surface area contributed by atoms with Crippen LogP contribution >= 0.6 is 0 Å².